The van der Waals surface area contributed by atoms with E-state index in [1.807, 2.05) is 18.7 Å². The lowest BCUT2D eigenvalue weighted by Crippen LogP contribution is -2.29. The van der Waals surface area contributed by atoms with E-state index >= 15 is 0 Å². The molecule has 2 unspecified atom stereocenters. The molecule has 0 aromatic carbocycles. The van der Waals surface area contributed by atoms with Crippen LogP contribution in [0.4, 0.5) is 5.82 Å². The molecule has 0 saturated carbocycles. The zero-order chi connectivity index (χ0) is 11.9. The molecule has 1 aliphatic rings. The molecule has 0 N–H and O–H groups in total. The highest BCUT2D eigenvalue weighted by Gasteiger charge is 2.30. The Morgan fingerprint density at radius 1 is 1.44 bits per heavy atom. The van der Waals surface area contributed by atoms with E-state index in [2.05, 4.69) is 23.8 Å². The van der Waals surface area contributed by atoms with E-state index in [-0.39, 0.29) is 0 Å². The summed E-state index contributed by atoms with van der Waals surface area (Å²) in [7, 11) is 2.01. The summed E-state index contributed by atoms with van der Waals surface area (Å²) in [5, 5.41) is 4.48. The zero-order valence-electron chi connectivity index (χ0n) is 10.5. The van der Waals surface area contributed by atoms with Crippen LogP contribution in [0.1, 0.15) is 31.5 Å². The Bertz CT molecular complexity index is 386. The van der Waals surface area contributed by atoms with Crippen molar-refractivity contribution in [1.82, 2.24) is 9.78 Å². The van der Waals surface area contributed by atoms with E-state index < -0.39 is 0 Å². The molecular weight excluding hydrogens is 222 g/mol. The SMILES string of the molecule is Cc1nn(C)c(N2CC(C)CC2C)c1CCl. The van der Waals surface area contributed by atoms with Crippen molar-refractivity contribution in [1.29, 1.82) is 0 Å². The summed E-state index contributed by atoms with van der Waals surface area (Å²) in [6.07, 6.45) is 1.26. The molecule has 1 aliphatic heterocycles. The predicted molar refractivity (Wildman–Crippen MR) is 68.1 cm³/mol. The topological polar surface area (TPSA) is 21.1 Å². The van der Waals surface area contributed by atoms with Gasteiger partial charge in [-0.25, -0.2) is 0 Å². The van der Waals surface area contributed by atoms with Crippen LogP contribution in [-0.4, -0.2) is 22.4 Å². The van der Waals surface area contributed by atoms with Gasteiger partial charge in [-0.1, -0.05) is 6.92 Å². The van der Waals surface area contributed by atoms with Gasteiger partial charge in [0.2, 0.25) is 0 Å². The van der Waals surface area contributed by atoms with Gasteiger partial charge in [-0.05, 0) is 26.2 Å². The summed E-state index contributed by atoms with van der Waals surface area (Å²) in [5.74, 6) is 2.52. The molecule has 0 radical (unpaired) electrons. The number of hydrogen-bond donors (Lipinski definition) is 0. The number of aryl methyl sites for hydroxylation is 2. The molecule has 90 valence electrons. The standard InChI is InChI=1S/C12H20ClN3/c1-8-5-9(2)16(7-8)12-11(6-13)10(3)14-15(12)4/h8-9H,5-7H2,1-4H3. The Hall–Kier alpha value is -0.700. The molecule has 4 heteroatoms. The van der Waals surface area contributed by atoms with E-state index in [0.29, 0.717) is 11.9 Å². The normalized spacial score (nSPS) is 25.4. The van der Waals surface area contributed by atoms with Crippen LogP contribution in [0.2, 0.25) is 0 Å². The summed E-state index contributed by atoms with van der Waals surface area (Å²) in [6.45, 7) is 7.74. The molecule has 0 amide bonds. The maximum absolute atomic E-state index is 6.03. The fourth-order valence-electron chi connectivity index (χ4n) is 2.80. The number of alkyl halides is 1. The Morgan fingerprint density at radius 3 is 2.62 bits per heavy atom. The minimum atomic E-state index is 0.548. The van der Waals surface area contributed by atoms with Crippen LogP contribution in [0.15, 0.2) is 0 Å². The van der Waals surface area contributed by atoms with Gasteiger partial charge in [-0.2, -0.15) is 5.10 Å². The molecule has 1 fully saturated rings. The Kier molecular flexibility index (Phi) is 3.15. The van der Waals surface area contributed by atoms with Crippen LogP contribution >= 0.6 is 11.6 Å². The molecule has 2 rings (SSSR count). The van der Waals surface area contributed by atoms with Crippen molar-refractivity contribution in [3.8, 4) is 0 Å². The average Bonchev–Trinajstić information content (AvgIpc) is 2.66. The number of nitrogens with zero attached hydrogens (tertiary/aromatic N) is 3. The van der Waals surface area contributed by atoms with E-state index in [1.165, 1.54) is 17.8 Å². The number of hydrogen-bond acceptors (Lipinski definition) is 2. The van der Waals surface area contributed by atoms with Gasteiger partial charge in [0.05, 0.1) is 11.6 Å². The summed E-state index contributed by atoms with van der Waals surface area (Å²) >= 11 is 6.03. The van der Waals surface area contributed by atoms with Crippen molar-refractivity contribution in [3.63, 3.8) is 0 Å². The first-order valence-electron chi connectivity index (χ1n) is 5.89. The van der Waals surface area contributed by atoms with Gasteiger partial charge in [0.1, 0.15) is 5.82 Å². The van der Waals surface area contributed by atoms with Crippen molar-refractivity contribution in [2.75, 3.05) is 11.4 Å². The first-order chi connectivity index (χ1) is 7.54. The van der Waals surface area contributed by atoms with Crippen LogP contribution in [-0.2, 0) is 12.9 Å². The minimum Gasteiger partial charge on any atom is -0.354 e. The first kappa shape index (κ1) is 11.8. The highest BCUT2D eigenvalue weighted by molar-refractivity contribution is 6.17. The third-order valence-corrected chi connectivity index (χ3v) is 3.77. The lowest BCUT2D eigenvalue weighted by Gasteiger charge is -2.24. The molecule has 1 aromatic heterocycles. The van der Waals surface area contributed by atoms with Crippen LogP contribution in [0, 0.1) is 12.8 Å². The summed E-state index contributed by atoms with van der Waals surface area (Å²) in [5.41, 5.74) is 2.24. The van der Waals surface area contributed by atoms with Crippen molar-refractivity contribution in [2.45, 2.75) is 39.1 Å². The molecule has 1 aromatic rings. The van der Waals surface area contributed by atoms with E-state index in [1.54, 1.807) is 0 Å². The quantitative estimate of drug-likeness (QED) is 0.743. The smallest absolute Gasteiger partial charge is 0.131 e. The maximum Gasteiger partial charge on any atom is 0.131 e. The number of rotatable bonds is 2. The fourth-order valence-corrected chi connectivity index (χ4v) is 3.11. The number of halogens is 1. The summed E-state index contributed by atoms with van der Waals surface area (Å²) in [4.78, 5) is 2.45. The molecule has 0 aliphatic carbocycles. The zero-order valence-corrected chi connectivity index (χ0v) is 11.3. The average molecular weight is 242 g/mol. The molecule has 1 saturated heterocycles. The largest absolute Gasteiger partial charge is 0.354 e. The minimum absolute atomic E-state index is 0.548. The highest BCUT2D eigenvalue weighted by atomic mass is 35.5. The first-order valence-corrected chi connectivity index (χ1v) is 6.43. The van der Waals surface area contributed by atoms with Crippen LogP contribution < -0.4 is 4.90 Å². The van der Waals surface area contributed by atoms with Crippen LogP contribution in [0.25, 0.3) is 0 Å². The Balaban J connectivity index is 2.39. The molecule has 16 heavy (non-hydrogen) atoms. The van der Waals surface area contributed by atoms with Gasteiger partial charge in [0.15, 0.2) is 0 Å². The third-order valence-electron chi connectivity index (χ3n) is 3.50. The number of anilines is 1. The lowest BCUT2D eigenvalue weighted by atomic mass is 10.1. The van der Waals surface area contributed by atoms with Crippen molar-refractivity contribution in [3.05, 3.63) is 11.3 Å². The number of aromatic nitrogens is 2. The van der Waals surface area contributed by atoms with Crippen molar-refractivity contribution in [2.24, 2.45) is 13.0 Å². The van der Waals surface area contributed by atoms with Crippen molar-refractivity contribution < 1.29 is 0 Å². The monoisotopic (exact) mass is 241 g/mol. The van der Waals surface area contributed by atoms with Gasteiger partial charge in [0.25, 0.3) is 0 Å². The molecule has 3 nitrogen and oxygen atoms in total. The summed E-state index contributed by atoms with van der Waals surface area (Å²) < 4.78 is 1.97. The Labute approximate surface area is 102 Å². The molecule has 0 bridgehead atoms. The maximum atomic E-state index is 6.03. The molecule has 2 atom stereocenters. The van der Waals surface area contributed by atoms with Gasteiger partial charge in [0, 0.05) is 25.2 Å². The summed E-state index contributed by atoms with van der Waals surface area (Å²) in [6, 6.07) is 0.590. The Morgan fingerprint density at radius 2 is 2.12 bits per heavy atom. The van der Waals surface area contributed by atoms with E-state index in [9.17, 15) is 0 Å². The van der Waals surface area contributed by atoms with Crippen LogP contribution in [0.5, 0.6) is 0 Å². The molecule has 2 heterocycles. The second-order valence-corrected chi connectivity index (χ2v) is 5.25. The molecular formula is C12H20ClN3. The predicted octanol–water partition coefficient (Wildman–Crippen LogP) is 2.70. The van der Waals surface area contributed by atoms with Crippen molar-refractivity contribution >= 4 is 17.4 Å². The second kappa shape index (κ2) is 4.28. The third kappa shape index (κ3) is 1.81. The van der Waals surface area contributed by atoms with E-state index in [0.717, 1.165) is 18.2 Å². The highest BCUT2D eigenvalue weighted by Crippen LogP contribution is 2.32. The van der Waals surface area contributed by atoms with Gasteiger partial charge >= 0.3 is 0 Å². The fraction of sp³-hybridized carbons (Fsp3) is 0.750. The van der Waals surface area contributed by atoms with Crippen LogP contribution in [0.3, 0.4) is 0 Å². The van der Waals surface area contributed by atoms with Gasteiger partial charge in [-0.3, -0.25) is 4.68 Å². The lowest BCUT2D eigenvalue weighted by molar-refractivity contribution is 0.624. The second-order valence-electron chi connectivity index (χ2n) is 4.99. The van der Waals surface area contributed by atoms with Gasteiger partial charge in [-0.15, -0.1) is 11.6 Å². The van der Waals surface area contributed by atoms with E-state index in [4.69, 9.17) is 11.6 Å². The van der Waals surface area contributed by atoms with Gasteiger partial charge < -0.3 is 4.90 Å². The molecule has 0 spiro atoms.